The number of carbonyl (C=O) groups excluding carboxylic acids is 1. The molecular formula is C15H22N2O3. The summed E-state index contributed by atoms with van der Waals surface area (Å²) in [7, 11) is 3.13. The van der Waals surface area contributed by atoms with Gasteiger partial charge in [-0.25, -0.2) is 4.79 Å². The van der Waals surface area contributed by atoms with Gasteiger partial charge in [0, 0.05) is 32.4 Å². The van der Waals surface area contributed by atoms with Crippen molar-refractivity contribution in [3.05, 3.63) is 29.3 Å². The fraction of sp³-hybridized carbons (Fsp3) is 0.533. The second kappa shape index (κ2) is 6.72. The Morgan fingerprint density at radius 1 is 1.35 bits per heavy atom. The Bertz CT molecular complexity index is 468. The summed E-state index contributed by atoms with van der Waals surface area (Å²) in [4.78, 5) is 14.0. The van der Waals surface area contributed by atoms with Crippen LogP contribution in [0.2, 0.25) is 0 Å². The molecule has 1 saturated heterocycles. The summed E-state index contributed by atoms with van der Waals surface area (Å²) in [6.45, 7) is 2.84. The van der Waals surface area contributed by atoms with E-state index in [2.05, 4.69) is 4.90 Å². The molecule has 0 amide bonds. The van der Waals surface area contributed by atoms with Gasteiger partial charge in [0.1, 0.15) is 0 Å². The van der Waals surface area contributed by atoms with Crippen molar-refractivity contribution in [2.24, 2.45) is 0 Å². The summed E-state index contributed by atoms with van der Waals surface area (Å²) >= 11 is 0. The molecule has 0 radical (unpaired) electrons. The molecule has 0 aliphatic carbocycles. The van der Waals surface area contributed by atoms with E-state index in [9.17, 15) is 4.79 Å². The van der Waals surface area contributed by atoms with Crippen LogP contribution in [0.1, 0.15) is 28.8 Å². The number of methoxy groups -OCH3 is 2. The van der Waals surface area contributed by atoms with Crippen LogP contribution in [0.5, 0.6) is 0 Å². The number of anilines is 1. The van der Waals surface area contributed by atoms with Crippen LogP contribution in [0.15, 0.2) is 18.2 Å². The smallest absolute Gasteiger partial charge is 0.339 e. The van der Waals surface area contributed by atoms with Gasteiger partial charge in [0.25, 0.3) is 0 Å². The number of nitrogens with two attached hydrogens (primary N) is 1. The second-order valence-corrected chi connectivity index (χ2v) is 5.12. The summed E-state index contributed by atoms with van der Waals surface area (Å²) in [5.74, 6) is -0.387. The van der Waals surface area contributed by atoms with Crippen LogP contribution in [0, 0.1) is 0 Å². The van der Waals surface area contributed by atoms with E-state index in [1.54, 1.807) is 13.2 Å². The SMILES string of the molecule is COC(=O)c1cc(CN2CCC(OC)CC2)ccc1N. The Morgan fingerprint density at radius 3 is 2.65 bits per heavy atom. The number of hydrogen-bond acceptors (Lipinski definition) is 5. The van der Waals surface area contributed by atoms with Gasteiger partial charge in [0.05, 0.1) is 18.8 Å². The molecule has 2 rings (SSSR count). The molecule has 1 aromatic rings. The summed E-state index contributed by atoms with van der Waals surface area (Å²) < 4.78 is 10.1. The second-order valence-electron chi connectivity index (χ2n) is 5.12. The number of benzene rings is 1. The first-order valence-electron chi connectivity index (χ1n) is 6.86. The third kappa shape index (κ3) is 3.49. The van der Waals surface area contributed by atoms with Crippen LogP contribution in [0.3, 0.4) is 0 Å². The maximum atomic E-state index is 11.6. The highest BCUT2D eigenvalue weighted by Gasteiger charge is 2.19. The lowest BCUT2D eigenvalue weighted by molar-refractivity contribution is 0.0388. The van der Waals surface area contributed by atoms with Crippen LogP contribution in [-0.4, -0.2) is 44.3 Å². The molecule has 0 bridgehead atoms. The van der Waals surface area contributed by atoms with Gasteiger partial charge in [-0.15, -0.1) is 0 Å². The summed E-state index contributed by atoms with van der Waals surface area (Å²) in [6.07, 6.45) is 2.48. The van der Waals surface area contributed by atoms with E-state index >= 15 is 0 Å². The third-order valence-corrected chi connectivity index (χ3v) is 3.80. The number of nitrogen functional groups attached to an aromatic ring is 1. The van der Waals surface area contributed by atoms with Gasteiger partial charge in [-0.05, 0) is 30.5 Å². The third-order valence-electron chi connectivity index (χ3n) is 3.80. The number of esters is 1. The van der Waals surface area contributed by atoms with E-state index in [4.69, 9.17) is 15.2 Å². The fourth-order valence-electron chi connectivity index (χ4n) is 2.55. The first-order chi connectivity index (χ1) is 9.63. The minimum atomic E-state index is -0.387. The van der Waals surface area contributed by atoms with Crippen LogP contribution in [0.4, 0.5) is 5.69 Å². The Balaban J connectivity index is 2.01. The van der Waals surface area contributed by atoms with Crippen molar-refractivity contribution in [3.8, 4) is 0 Å². The maximum Gasteiger partial charge on any atom is 0.339 e. The van der Waals surface area contributed by atoms with E-state index in [1.165, 1.54) is 7.11 Å². The molecule has 20 heavy (non-hydrogen) atoms. The standard InChI is InChI=1S/C15H22N2O3/c1-19-12-5-7-17(8-6-12)10-11-3-4-14(16)13(9-11)15(18)20-2/h3-4,9,12H,5-8,10,16H2,1-2H3. The number of piperidine rings is 1. The summed E-state index contributed by atoms with van der Waals surface area (Å²) in [6, 6.07) is 5.55. The first-order valence-corrected chi connectivity index (χ1v) is 6.86. The predicted octanol–water partition coefficient (Wildman–Crippen LogP) is 1.67. The highest BCUT2D eigenvalue weighted by atomic mass is 16.5. The molecule has 1 aromatic carbocycles. The molecule has 0 saturated carbocycles. The minimum absolute atomic E-state index is 0.378. The molecule has 2 N–H and O–H groups in total. The molecule has 5 nitrogen and oxygen atoms in total. The van der Waals surface area contributed by atoms with Crippen LogP contribution in [-0.2, 0) is 16.0 Å². The molecule has 0 aromatic heterocycles. The van der Waals surface area contributed by atoms with Crippen molar-refractivity contribution < 1.29 is 14.3 Å². The largest absolute Gasteiger partial charge is 0.465 e. The van der Waals surface area contributed by atoms with E-state index in [0.29, 0.717) is 17.4 Å². The van der Waals surface area contributed by atoms with Gasteiger partial charge in [-0.2, -0.15) is 0 Å². The van der Waals surface area contributed by atoms with Crippen molar-refractivity contribution in [1.29, 1.82) is 0 Å². The van der Waals surface area contributed by atoms with E-state index in [0.717, 1.165) is 38.0 Å². The monoisotopic (exact) mass is 278 g/mol. The number of rotatable bonds is 4. The van der Waals surface area contributed by atoms with Crippen molar-refractivity contribution in [3.63, 3.8) is 0 Å². The van der Waals surface area contributed by atoms with Crippen molar-refractivity contribution >= 4 is 11.7 Å². The zero-order valence-electron chi connectivity index (χ0n) is 12.1. The van der Waals surface area contributed by atoms with Crippen molar-refractivity contribution in [2.45, 2.75) is 25.5 Å². The lowest BCUT2D eigenvalue weighted by atomic mass is 10.0. The highest BCUT2D eigenvalue weighted by molar-refractivity contribution is 5.95. The normalized spacial score (nSPS) is 17.1. The summed E-state index contributed by atoms with van der Waals surface area (Å²) in [5, 5.41) is 0. The Morgan fingerprint density at radius 2 is 2.05 bits per heavy atom. The Labute approximate surface area is 119 Å². The zero-order chi connectivity index (χ0) is 14.5. The number of carbonyl (C=O) groups is 1. The Kier molecular flexibility index (Phi) is 4.98. The Hall–Kier alpha value is -1.59. The molecule has 1 fully saturated rings. The average Bonchev–Trinajstić information content (AvgIpc) is 2.49. The number of nitrogens with zero attached hydrogens (tertiary/aromatic N) is 1. The number of hydrogen-bond donors (Lipinski definition) is 1. The van der Waals surface area contributed by atoms with Crippen molar-refractivity contribution in [1.82, 2.24) is 4.90 Å². The zero-order valence-corrected chi connectivity index (χ0v) is 12.1. The van der Waals surface area contributed by atoms with Gasteiger partial charge in [-0.3, -0.25) is 4.90 Å². The number of likely N-dealkylation sites (tertiary alicyclic amines) is 1. The van der Waals surface area contributed by atoms with Crippen LogP contribution < -0.4 is 5.73 Å². The van der Waals surface area contributed by atoms with Gasteiger partial charge >= 0.3 is 5.97 Å². The maximum absolute atomic E-state index is 11.6. The van der Waals surface area contributed by atoms with Crippen LogP contribution in [0.25, 0.3) is 0 Å². The quantitative estimate of drug-likeness (QED) is 0.670. The number of ether oxygens (including phenoxy) is 2. The first kappa shape index (κ1) is 14.8. The van der Waals surface area contributed by atoms with Crippen LogP contribution >= 0.6 is 0 Å². The lowest BCUT2D eigenvalue weighted by Crippen LogP contribution is -2.36. The molecule has 1 aliphatic rings. The van der Waals surface area contributed by atoms with E-state index < -0.39 is 0 Å². The molecule has 0 unspecified atom stereocenters. The molecule has 5 heteroatoms. The molecule has 1 heterocycles. The van der Waals surface area contributed by atoms with Gasteiger partial charge in [-0.1, -0.05) is 6.07 Å². The highest BCUT2D eigenvalue weighted by Crippen LogP contribution is 2.19. The summed E-state index contributed by atoms with van der Waals surface area (Å²) in [5.41, 5.74) is 7.78. The van der Waals surface area contributed by atoms with Crippen molar-refractivity contribution in [2.75, 3.05) is 33.0 Å². The molecule has 1 aliphatic heterocycles. The van der Waals surface area contributed by atoms with Gasteiger partial charge < -0.3 is 15.2 Å². The molecule has 110 valence electrons. The predicted molar refractivity (Wildman–Crippen MR) is 77.5 cm³/mol. The topological polar surface area (TPSA) is 64.8 Å². The lowest BCUT2D eigenvalue weighted by Gasteiger charge is -2.31. The van der Waals surface area contributed by atoms with Gasteiger partial charge in [0.15, 0.2) is 0 Å². The molecule has 0 spiro atoms. The average molecular weight is 278 g/mol. The molecule has 0 atom stereocenters. The van der Waals surface area contributed by atoms with E-state index in [-0.39, 0.29) is 5.97 Å². The van der Waals surface area contributed by atoms with Gasteiger partial charge in [0.2, 0.25) is 0 Å². The molecular weight excluding hydrogens is 256 g/mol. The fourth-order valence-corrected chi connectivity index (χ4v) is 2.55. The van der Waals surface area contributed by atoms with E-state index in [1.807, 2.05) is 12.1 Å². The minimum Gasteiger partial charge on any atom is -0.465 e.